The quantitative estimate of drug-likeness (QED) is 0.876. The van der Waals surface area contributed by atoms with E-state index in [1.54, 1.807) is 38.1 Å². The number of carbonyl (C=O) groups is 1. The molecule has 122 valence electrons. The molecule has 23 heavy (non-hydrogen) atoms. The van der Waals surface area contributed by atoms with Gasteiger partial charge in [0.05, 0.1) is 17.7 Å². The van der Waals surface area contributed by atoms with Crippen molar-refractivity contribution in [2.75, 3.05) is 11.8 Å². The molecule has 0 spiro atoms. The maximum Gasteiger partial charge on any atom is 0.261 e. The molecule has 6 nitrogen and oxygen atoms in total. The molecular weight excluding hydrogens is 316 g/mol. The van der Waals surface area contributed by atoms with Gasteiger partial charge in [0.15, 0.2) is 0 Å². The summed E-state index contributed by atoms with van der Waals surface area (Å²) in [6, 6.07) is 9.28. The Kier molecular flexibility index (Phi) is 4.60. The van der Waals surface area contributed by atoms with Crippen molar-refractivity contribution < 1.29 is 17.9 Å². The molecular formula is C16H18N2O4S. The number of amides is 1. The maximum atomic E-state index is 12.5. The third-order valence-corrected chi connectivity index (χ3v) is 4.88. The topological polar surface area (TPSA) is 98.5 Å². The zero-order valence-electron chi connectivity index (χ0n) is 13.1. The van der Waals surface area contributed by atoms with Crippen LogP contribution in [0.5, 0.6) is 5.75 Å². The van der Waals surface area contributed by atoms with Gasteiger partial charge in [0.1, 0.15) is 5.75 Å². The molecule has 0 aromatic heterocycles. The average molecular weight is 334 g/mol. The minimum absolute atomic E-state index is 0.111. The van der Waals surface area contributed by atoms with Crippen LogP contribution in [0.1, 0.15) is 21.5 Å². The fourth-order valence-corrected chi connectivity index (χ4v) is 3.44. The van der Waals surface area contributed by atoms with Gasteiger partial charge in [-0.15, -0.1) is 0 Å². The summed E-state index contributed by atoms with van der Waals surface area (Å²) < 4.78 is 32.6. The van der Waals surface area contributed by atoms with Gasteiger partial charge < -0.3 is 10.5 Å². The lowest BCUT2D eigenvalue weighted by Gasteiger charge is -2.13. The molecule has 0 fully saturated rings. The van der Waals surface area contributed by atoms with E-state index >= 15 is 0 Å². The van der Waals surface area contributed by atoms with Crippen LogP contribution in [0.15, 0.2) is 41.3 Å². The summed E-state index contributed by atoms with van der Waals surface area (Å²) in [5.74, 6) is -0.000281. The van der Waals surface area contributed by atoms with Crippen molar-refractivity contribution in [3.63, 3.8) is 0 Å². The number of benzene rings is 2. The number of ether oxygens (including phenoxy) is 1. The van der Waals surface area contributed by atoms with Crippen LogP contribution in [-0.4, -0.2) is 21.4 Å². The van der Waals surface area contributed by atoms with Gasteiger partial charge in [0.25, 0.3) is 10.0 Å². The SMILES string of the molecule is COc1ccc(S(=O)(=O)Nc2cccc(C(N)=O)c2C)cc1C. The zero-order chi connectivity index (χ0) is 17.2. The van der Waals surface area contributed by atoms with E-state index in [1.165, 1.54) is 19.2 Å². The van der Waals surface area contributed by atoms with Gasteiger partial charge in [-0.3, -0.25) is 9.52 Å². The summed E-state index contributed by atoms with van der Waals surface area (Å²) in [4.78, 5) is 11.5. The first-order valence-electron chi connectivity index (χ1n) is 6.83. The largest absolute Gasteiger partial charge is 0.496 e. The highest BCUT2D eigenvalue weighted by Gasteiger charge is 2.18. The first-order valence-corrected chi connectivity index (χ1v) is 8.31. The number of hydrogen-bond donors (Lipinski definition) is 2. The van der Waals surface area contributed by atoms with Crippen LogP contribution in [0, 0.1) is 13.8 Å². The van der Waals surface area contributed by atoms with Crippen LogP contribution in [0.25, 0.3) is 0 Å². The summed E-state index contributed by atoms with van der Waals surface area (Å²) in [6.07, 6.45) is 0. The number of rotatable bonds is 5. The van der Waals surface area contributed by atoms with E-state index in [1.807, 2.05) is 0 Å². The molecule has 2 aromatic carbocycles. The second-order valence-electron chi connectivity index (χ2n) is 5.08. The van der Waals surface area contributed by atoms with Crippen LogP contribution in [0.2, 0.25) is 0 Å². The predicted octanol–water partition coefficient (Wildman–Crippen LogP) is 2.21. The second kappa shape index (κ2) is 6.29. The van der Waals surface area contributed by atoms with Gasteiger partial charge in [0, 0.05) is 5.56 Å². The number of carbonyl (C=O) groups excluding carboxylic acids is 1. The number of aryl methyl sites for hydroxylation is 1. The number of primary amides is 1. The molecule has 0 bridgehead atoms. The molecule has 2 rings (SSSR count). The van der Waals surface area contributed by atoms with Crippen molar-refractivity contribution in [2.24, 2.45) is 5.73 Å². The fraction of sp³-hybridized carbons (Fsp3) is 0.188. The molecule has 0 aliphatic carbocycles. The van der Waals surface area contributed by atoms with Crippen molar-refractivity contribution in [3.8, 4) is 5.75 Å². The highest BCUT2D eigenvalue weighted by atomic mass is 32.2. The van der Waals surface area contributed by atoms with Crippen LogP contribution in [0.3, 0.4) is 0 Å². The second-order valence-corrected chi connectivity index (χ2v) is 6.76. The molecule has 7 heteroatoms. The standard InChI is InChI=1S/C16H18N2O4S/c1-10-9-12(7-8-15(10)22-3)23(20,21)18-14-6-4-5-13(11(14)2)16(17)19/h4-9,18H,1-3H3,(H2,17,19). The van der Waals surface area contributed by atoms with Crippen molar-refractivity contribution in [1.29, 1.82) is 0 Å². The Labute approximate surface area is 135 Å². The smallest absolute Gasteiger partial charge is 0.261 e. The summed E-state index contributed by atoms with van der Waals surface area (Å²) in [5.41, 5.74) is 7.06. The maximum absolute atomic E-state index is 12.5. The average Bonchev–Trinajstić information content (AvgIpc) is 2.48. The molecule has 2 aromatic rings. The van der Waals surface area contributed by atoms with E-state index < -0.39 is 15.9 Å². The number of hydrogen-bond acceptors (Lipinski definition) is 4. The molecule has 0 radical (unpaired) electrons. The van der Waals surface area contributed by atoms with Gasteiger partial charge >= 0.3 is 0 Å². The third kappa shape index (κ3) is 3.45. The van der Waals surface area contributed by atoms with Crippen LogP contribution in [0.4, 0.5) is 5.69 Å². The molecule has 1 amide bonds. The molecule has 0 atom stereocenters. The van der Waals surface area contributed by atoms with Crippen molar-refractivity contribution in [3.05, 3.63) is 53.1 Å². The third-order valence-electron chi connectivity index (χ3n) is 3.52. The van der Waals surface area contributed by atoms with E-state index in [-0.39, 0.29) is 10.5 Å². The summed E-state index contributed by atoms with van der Waals surface area (Å²) >= 11 is 0. The number of anilines is 1. The summed E-state index contributed by atoms with van der Waals surface area (Å²) in [6.45, 7) is 3.40. The Morgan fingerprint density at radius 1 is 1.17 bits per heavy atom. The molecule has 0 saturated carbocycles. The Hall–Kier alpha value is -2.54. The van der Waals surface area contributed by atoms with E-state index in [9.17, 15) is 13.2 Å². The highest BCUT2D eigenvalue weighted by Crippen LogP contribution is 2.25. The molecule has 0 saturated heterocycles. The van der Waals surface area contributed by atoms with Gasteiger partial charge in [-0.05, 0) is 55.3 Å². The van der Waals surface area contributed by atoms with E-state index in [2.05, 4.69) is 4.72 Å². The van der Waals surface area contributed by atoms with Gasteiger partial charge in [-0.1, -0.05) is 6.07 Å². The Morgan fingerprint density at radius 3 is 2.43 bits per heavy atom. The van der Waals surface area contributed by atoms with Crippen molar-refractivity contribution in [2.45, 2.75) is 18.7 Å². The number of nitrogens with one attached hydrogen (secondary N) is 1. The van der Waals surface area contributed by atoms with E-state index in [0.29, 0.717) is 22.6 Å². The van der Waals surface area contributed by atoms with E-state index in [4.69, 9.17) is 10.5 Å². The number of sulfonamides is 1. The Bertz CT molecular complexity index is 860. The van der Waals surface area contributed by atoms with Gasteiger partial charge in [0.2, 0.25) is 5.91 Å². The van der Waals surface area contributed by atoms with Crippen LogP contribution in [-0.2, 0) is 10.0 Å². The normalized spacial score (nSPS) is 11.1. The van der Waals surface area contributed by atoms with E-state index in [0.717, 1.165) is 0 Å². The first-order chi connectivity index (χ1) is 10.8. The lowest BCUT2D eigenvalue weighted by Crippen LogP contribution is -2.17. The molecule has 0 aliphatic heterocycles. The minimum atomic E-state index is -3.78. The lowest BCUT2D eigenvalue weighted by atomic mass is 10.1. The fourth-order valence-electron chi connectivity index (χ4n) is 2.23. The van der Waals surface area contributed by atoms with Crippen LogP contribution < -0.4 is 15.2 Å². The van der Waals surface area contributed by atoms with Gasteiger partial charge in [-0.25, -0.2) is 8.42 Å². The Morgan fingerprint density at radius 2 is 1.87 bits per heavy atom. The summed E-state index contributed by atoms with van der Waals surface area (Å²) in [7, 11) is -2.26. The highest BCUT2D eigenvalue weighted by molar-refractivity contribution is 7.92. The van der Waals surface area contributed by atoms with Crippen molar-refractivity contribution in [1.82, 2.24) is 0 Å². The molecule has 3 N–H and O–H groups in total. The lowest BCUT2D eigenvalue weighted by molar-refractivity contribution is 0.0999. The first kappa shape index (κ1) is 16.8. The summed E-state index contributed by atoms with van der Waals surface area (Å²) in [5, 5.41) is 0. The minimum Gasteiger partial charge on any atom is -0.496 e. The zero-order valence-corrected chi connectivity index (χ0v) is 13.9. The van der Waals surface area contributed by atoms with Gasteiger partial charge in [-0.2, -0.15) is 0 Å². The number of nitrogens with two attached hydrogens (primary N) is 1. The molecule has 0 unspecified atom stereocenters. The Balaban J connectivity index is 2.41. The molecule has 0 heterocycles. The van der Waals surface area contributed by atoms with Crippen LogP contribution >= 0.6 is 0 Å². The monoisotopic (exact) mass is 334 g/mol. The number of methoxy groups -OCH3 is 1. The van der Waals surface area contributed by atoms with Crippen molar-refractivity contribution >= 4 is 21.6 Å². The molecule has 0 aliphatic rings. The predicted molar refractivity (Wildman–Crippen MR) is 88.2 cm³/mol.